The van der Waals surface area contributed by atoms with Gasteiger partial charge in [0.05, 0.1) is 13.2 Å². The van der Waals surface area contributed by atoms with E-state index < -0.39 is 35.7 Å². The fourth-order valence-corrected chi connectivity index (χ4v) is 4.53. The van der Waals surface area contributed by atoms with Gasteiger partial charge in [0.15, 0.2) is 17.9 Å². The van der Waals surface area contributed by atoms with E-state index in [1.165, 1.54) is 0 Å². The Hall–Kier alpha value is -1.28. The van der Waals surface area contributed by atoms with E-state index in [4.69, 9.17) is 28.4 Å². The number of fused-ring (bicyclic) bond motifs is 1. The van der Waals surface area contributed by atoms with E-state index in [1.807, 2.05) is 65.0 Å². The van der Waals surface area contributed by atoms with Gasteiger partial charge in [0.2, 0.25) is 0 Å². The molecule has 29 heavy (non-hydrogen) atoms. The summed E-state index contributed by atoms with van der Waals surface area (Å²) in [5.41, 5.74) is 1.27. The van der Waals surface area contributed by atoms with Gasteiger partial charge in [-0.1, -0.05) is 35.9 Å². The lowest BCUT2D eigenvalue weighted by Gasteiger charge is -2.40. The fourth-order valence-electron chi connectivity index (χ4n) is 4.53. The lowest BCUT2D eigenvalue weighted by atomic mass is 9.83. The first-order valence-electron chi connectivity index (χ1n) is 10.3. The molecular weight excluding hydrogens is 372 g/mol. The largest absolute Gasteiger partial charge is 0.364 e. The van der Waals surface area contributed by atoms with Crippen LogP contribution in [0.1, 0.15) is 46.6 Å². The molecule has 0 aromatic heterocycles. The maximum atomic E-state index is 6.66. The maximum Gasteiger partial charge on any atom is 0.190 e. The van der Waals surface area contributed by atoms with Crippen LogP contribution in [0.3, 0.4) is 0 Å². The van der Waals surface area contributed by atoms with Gasteiger partial charge >= 0.3 is 0 Å². The van der Waals surface area contributed by atoms with Crippen LogP contribution in [0.5, 0.6) is 0 Å². The minimum Gasteiger partial charge on any atom is -0.364 e. The lowest BCUT2D eigenvalue weighted by Crippen LogP contribution is -2.56. The first kappa shape index (κ1) is 21.0. The van der Waals surface area contributed by atoms with Gasteiger partial charge in [0.1, 0.15) is 23.9 Å². The topological polar surface area (TPSA) is 55.4 Å². The summed E-state index contributed by atoms with van der Waals surface area (Å²) in [6, 6.07) is 10.1. The van der Waals surface area contributed by atoms with Gasteiger partial charge in [-0.05, 0) is 40.2 Å². The van der Waals surface area contributed by atoms with Crippen LogP contribution in [0.4, 0.5) is 0 Å². The summed E-state index contributed by atoms with van der Waals surface area (Å²) < 4.78 is 37.4. The molecule has 4 rings (SSSR count). The zero-order chi connectivity index (χ0) is 20.9. The van der Waals surface area contributed by atoms with Gasteiger partial charge in [-0.3, -0.25) is 0 Å². The molecular formula is C23H32O6. The van der Waals surface area contributed by atoms with E-state index in [-0.39, 0.29) is 6.10 Å². The number of benzene rings is 1. The molecule has 0 saturated carbocycles. The van der Waals surface area contributed by atoms with Crippen molar-refractivity contribution in [1.82, 2.24) is 0 Å². The molecule has 0 bridgehead atoms. The van der Waals surface area contributed by atoms with Crippen molar-refractivity contribution in [3.8, 4) is 0 Å². The van der Waals surface area contributed by atoms with E-state index in [2.05, 4.69) is 6.58 Å². The van der Waals surface area contributed by atoms with Crippen molar-refractivity contribution in [2.45, 2.75) is 89.4 Å². The van der Waals surface area contributed by atoms with Gasteiger partial charge in [-0.2, -0.15) is 0 Å². The van der Waals surface area contributed by atoms with Crippen molar-refractivity contribution < 1.29 is 28.4 Å². The van der Waals surface area contributed by atoms with Crippen molar-refractivity contribution in [3.63, 3.8) is 0 Å². The normalized spacial score (nSPS) is 37.6. The average molecular weight is 405 g/mol. The molecule has 1 aromatic rings. The van der Waals surface area contributed by atoms with Gasteiger partial charge in [-0.15, -0.1) is 6.58 Å². The summed E-state index contributed by atoms with van der Waals surface area (Å²) in [6.45, 7) is 14.6. The van der Waals surface area contributed by atoms with Crippen LogP contribution in [0.25, 0.3) is 0 Å². The summed E-state index contributed by atoms with van der Waals surface area (Å²) in [5.74, 6) is -1.41. The molecule has 0 N–H and O–H groups in total. The quantitative estimate of drug-likeness (QED) is 0.670. The highest BCUT2D eigenvalue weighted by molar-refractivity contribution is 5.17. The third-order valence-electron chi connectivity index (χ3n) is 5.60. The van der Waals surface area contributed by atoms with Crippen molar-refractivity contribution in [3.05, 3.63) is 48.0 Å². The summed E-state index contributed by atoms with van der Waals surface area (Å²) >= 11 is 0. The van der Waals surface area contributed by atoms with Crippen molar-refractivity contribution in [1.29, 1.82) is 0 Å². The van der Waals surface area contributed by atoms with Crippen molar-refractivity contribution in [2.75, 3.05) is 6.61 Å². The molecule has 0 radical (unpaired) electrons. The predicted molar refractivity (Wildman–Crippen MR) is 107 cm³/mol. The Bertz CT molecular complexity index is 745. The Balaban J connectivity index is 1.67. The van der Waals surface area contributed by atoms with E-state index in [0.717, 1.165) is 11.1 Å². The second-order valence-electron chi connectivity index (χ2n) is 9.21. The smallest absolute Gasteiger partial charge is 0.190 e. The molecule has 1 aromatic carbocycles. The number of hydrogen-bond acceptors (Lipinski definition) is 6. The Labute approximate surface area is 173 Å². The lowest BCUT2D eigenvalue weighted by molar-refractivity contribution is -0.257. The van der Waals surface area contributed by atoms with E-state index in [0.29, 0.717) is 19.6 Å². The van der Waals surface area contributed by atoms with Crippen LogP contribution in [0.15, 0.2) is 42.5 Å². The molecule has 0 aliphatic carbocycles. The minimum absolute atomic E-state index is 0.291. The summed E-state index contributed by atoms with van der Waals surface area (Å²) in [4.78, 5) is 0. The Kier molecular flexibility index (Phi) is 5.39. The summed E-state index contributed by atoms with van der Waals surface area (Å²) in [6.07, 6.45) is -1.05. The van der Waals surface area contributed by atoms with Crippen LogP contribution in [0, 0.1) is 0 Å². The minimum atomic E-state index is -0.797. The third-order valence-corrected chi connectivity index (χ3v) is 5.60. The molecule has 3 aliphatic rings. The molecule has 3 aliphatic heterocycles. The molecule has 160 valence electrons. The highest BCUT2D eigenvalue weighted by Crippen LogP contribution is 2.50. The van der Waals surface area contributed by atoms with Gasteiger partial charge in [0.25, 0.3) is 0 Å². The standard InChI is InChI=1S/C23H32O6/c1-15(2)12-23(25-13-16-10-8-7-9-11-16)18(17-14-24-21(3,4)27-17)26-20-19(23)28-22(5,6)29-20/h7-11,17-20H,1,12-14H2,2-6H3/t17-,18-,19+,20-,23+/m1/s1. The molecule has 0 unspecified atom stereocenters. The second-order valence-corrected chi connectivity index (χ2v) is 9.21. The fraction of sp³-hybridized carbons (Fsp3) is 0.652. The summed E-state index contributed by atoms with van der Waals surface area (Å²) in [5, 5.41) is 0. The van der Waals surface area contributed by atoms with E-state index >= 15 is 0 Å². The predicted octanol–water partition coefficient (Wildman–Crippen LogP) is 3.94. The van der Waals surface area contributed by atoms with Crippen LogP contribution < -0.4 is 0 Å². The monoisotopic (exact) mass is 404 g/mol. The third kappa shape index (κ3) is 4.15. The molecule has 3 saturated heterocycles. The first-order chi connectivity index (χ1) is 13.6. The van der Waals surface area contributed by atoms with E-state index in [9.17, 15) is 0 Å². The van der Waals surface area contributed by atoms with Crippen LogP contribution in [-0.2, 0) is 35.0 Å². The zero-order valence-electron chi connectivity index (χ0n) is 18.0. The van der Waals surface area contributed by atoms with Crippen LogP contribution in [0.2, 0.25) is 0 Å². The highest BCUT2D eigenvalue weighted by atomic mass is 16.9. The second kappa shape index (κ2) is 7.45. The van der Waals surface area contributed by atoms with Crippen molar-refractivity contribution in [2.24, 2.45) is 0 Å². The van der Waals surface area contributed by atoms with Gasteiger partial charge in [-0.25, -0.2) is 0 Å². The number of rotatable bonds is 6. The molecule has 0 amide bonds. The van der Waals surface area contributed by atoms with Gasteiger partial charge in [0, 0.05) is 6.42 Å². The number of ether oxygens (including phenoxy) is 6. The van der Waals surface area contributed by atoms with Crippen molar-refractivity contribution >= 4 is 0 Å². The summed E-state index contributed by atoms with van der Waals surface area (Å²) in [7, 11) is 0. The number of hydrogen-bond donors (Lipinski definition) is 0. The SMILES string of the molecule is C=C(C)C[C@]1(OCc2ccccc2)[C@@H]([C@H]2COC(C)(C)O2)O[C@@H]2OC(C)(C)O[C@@H]21. The highest BCUT2D eigenvalue weighted by Gasteiger charge is 2.67. The maximum absolute atomic E-state index is 6.66. The molecule has 3 heterocycles. The average Bonchev–Trinajstić information content (AvgIpc) is 3.23. The molecule has 0 spiro atoms. The zero-order valence-corrected chi connectivity index (χ0v) is 18.0. The Morgan fingerprint density at radius 2 is 1.76 bits per heavy atom. The molecule has 5 atom stereocenters. The molecule has 3 fully saturated rings. The van der Waals surface area contributed by atoms with Crippen LogP contribution in [-0.4, -0.2) is 48.4 Å². The van der Waals surface area contributed by atoms with E-state index in [1.54, 1.807) is 0 Å². The van der Waals surface area contributed by atoms with Crippen LogP contribution >= 0.6 is 0 Å². The van der Waals surface area contributed by atoms with Gasteiger partial charge < -0.3 is 28.4 Å². The first-order valence-corrected chi connectivity index (χ1v) is 10.3. The molecule has 6 heteroatoms. The molecule has 6 nitrogen and oxygen atoms in total. The Morgan fingerprint density at radius 1 is 1.03 bits per heavy atom. The Morgan fingerprint density at radius 3 is 2.38 bits per heavy atom.